The number of anilines is 1. The minimum atomic E-state index is -0.168. The zero-order valence-electron chi connectivity index (χ0n) is 17.4. The van der Waals surface area contributed by atoms with Crippen LogP contribution in [0.25, 0.3) is 4.96 Å². The molecule has 30 heavy (non-hydrogen) atoms. The minimum Gasteiger partial charge on any atom is -0.353 e. The third-order valence-corrected chi connectivity index (χ3v) is 6.49. The molecule has 8 heteroatoms. The topological polar surface area (TPSA) is 79.6 Å². The minimum absolute atomic E-state index is 0.0728. The van der Waals surface area contributed by atoms with Gasteiger partial charge in [-0.25, -0.2) is 4.98 Å². The molecule has 1 aromatic carbocycles. The molecule has 1 aliphatic rings. The number of aromatic nitrogens is 3. The van der Waals surface area contributed by atoms with E-state index in [2.05, 4.69) is 39.4 Å². The van der Waals surface area contributed by atoms with Crippen molar-refractivity contribution < 1.29 is 4.79 Å². The second-order valence-electron chi connectivity index (χ2n) is 8.03. The standard InChI is InChI=1S/C22H27N5O2S/c1-15(10-11-17-7-4-3-5-8-17)23-20(29)18-9-6-12-26(14-18)22-25-27-19(28)13-16(2)24-21(27)30-22/h3-5,7-8,13,15,18H,6,9-12,14H2,1-2H3,(H,23,29). The fourth-order valence-corrected chi connectivity index (χ4v) is 4.85. The Hall–Kier alpha value is -2.74. The second-order valence-corrected chi connectivity index (χ2v) is 8.97. The molecule has 1 aliphatic heterocycles. The number of amides is 1. The van der Waals surface area contributed by atoms with E-state index in [1.54, 1.807) is 6.92 Å². The van der Waals surface area contributed by atoms with Crippen LogP contribution < -0.4 is 15.8 Å². The number of fused-ring (bicyclic) bond motifs is 1. The summed E-state index contributed by atoms with van der Waals surface area (Å²) in [5.74, 6) is 0.0314. The van der Waals surface area contributed by atoms with Gasteiger partial charge in [0.25, 0.3) is 5.56 Å². The van der Waals surface area contributed by atoms with Gasteiger partial charge in [0.15, 0.2) is 0 Å². The largest absolute Gasteiger partial charge is 0.353 e. The van der Waals surface area contributed by atoms with E-state index in [0.29, 0.717) is 17.2 Å². The molecule has 2 aromatic heterocycles. The smallest absolute Gasteiger partial charge is 0.275 e. The maximum Gasteiger partial charge on any atom is 0.275 e. The number of rotatable bonds is 6. The summed E-state index contributed by atoms with van der Waals surface area (Å²) in [4.78, 5) is 32.1. The maximum atomic E-state index is 12.8. The van der Waals surface area contributed by atoms with Gasteiger partial charge in [-0.2, -0.15) is 4.52 Å². The Morgan fingerprint density at radius 1 is 1.33 bits per heavy atom. The van der Waals surface area contributed by atoms with E-state index >= 15 is 0 Å². The monoisotopic (exact) mass is 425 g/mol. The Morgan fingerprint density at radius 2 is 2.13 bits per heavy atom. The molecule has 1 saturated heterocycles. The van der Waals surface area contributed by atoms with Crippen molar-refractivity contribution in [2.24, 2.45) is 5.92 Å². The van der Waals surface area contributed by atoms with Gasteiger partial charge in [0, 0.05) is 30.9 Å². The molecule has 4 rings (SSSR count). The highest BCUT2D eigenvalue weighted by Gasteiger charge is 2.28. The first-order valence-electron chi connectivity index (χ1n) is 10.5. The van der Waals surface area contributed by atoms with Gasteiger partial charge >= 0.3 is 0 Å². The van der Waals surface area contributed by atoms with Crippen LogP contribution in [0.15, 0.2) is 41.2 Å². The highest BCUT2D eigenvalue weighted by Crippen LogP contribution is 2.27. The number of carbonyl (C=O) groups excluding carboxylic acids is 1. The lowest BCUT2D eigenvalue weighted by atomic mass is 9.96. The molecular formula is C22H27N5O2S. The molecule has 0 bridgehead atoms. The van der Waals surface area contributed by atoms with E-state index in [4.69, 9.17) is 0 Å². The van der Waals surface area contributed by atoms with E-state index < -0.39 is 0 Å². The third kappa shape index (κ3) is 4.70. The predicted molar refractivity (Wildman–Crippen MR) is 119 cm³/mol. The molecule has 7 nitrogen and oxygen atoms in total. The Balaban J connectivity index is 1.37. The van der Waals surface area contributed by atoms with Crippen LogP contribution in [0.2, 0.25) is 0 Å². The van der Waals surface area contributed by atoms with Crippen LogP contribution >= 0.6 is 11.3 Å². The van der Waals surface area contributed by atoms with Crippen LogP contribution in [-0.2, 0) is 11.2 Å². The summed E-state index contributed by atoms with van der Waals surface area (Å²) < 4.78 is 1.35. The van der Waals surface area contributed by atoms with E-state index in [9.17, 15) is 9.59 Å². The van der Waals surface area contributed by atoms with Crippen molar-refractivity contribution in [2.45, 2.75) is 45.6 Å². The average Bonchev–Trinajstić information content (AvgIpc) is 3.17. The summed E-state index contributed by atoms with van der Waals surface area (Å²) in [5.41, 5.74) is 1.81. The second kappa shape index (κ2) is 8.95. The lowest BCUT2D eigenvalue weighted by molar-refractivity contribution is -0.125. The van der Waals surface area contributed by atoms with Crippen LogP contribution in [-0.4, -0.2) is 39.6 Å². The van der Waals surface area contributed by atoms with Crippen molar-refractivity contribution in [3.05, 3.63) is 58.0 Å². The SMILES string of the molecule is Cc1cc(=O)n2nc(N3CCCC(C(=O)NC(C)CCc4ccccc4)C3)sc2n1. The summed E-state index contributed by atoms with van der Waals surface area (Å²) in [6, 6.07) is 12.0. The summed E-state index contributed by atoms with van der Waals surface area (Å²) in [6.45, 7) is 5.32. The number of piperidine rings is 1. The third-order valence-electron chi connectivity index (χ3n) is 5.52. The van der Waals surface area contributed by atoms with E-state index in [1.165, 1.54) is 27.5 Å². The van der Waals surface area contributed by atoms with Gasteiger partial charge in [-0.3, -0.25) is 9.59 Å². The van der Waals surface area contributed by atoms with E-state index in [0.717, 1.165) is 37.4 Å². The first-order chi connectivity index (χ1) is 14.5. The number of benzene rings is 1. The zero-order chi connectivity index (χ0) is 21.1. The first kappa shape index (κ1) is 20.5. The van der Waals surface area contributed by atoms with Crippen molar-refractivity contribution in [3.63, 3.8) is 0 Å². The van der Waals surface area contributed by atoms with Crippen molar-refractivity contribution in [1.29, 1.82) is 0 Å². The van der Waals surface area contributed by atoms with Crippen LogP contribution in [0.5, 0.6) is 0 Å². The Labute approximate surface area is 179 Å². The van der Waals surface area contributed by atoms with Crippen LogP contribution in [0, 0.1) is 12.8 Å². The van der Waals surface area contributed by atoms with Gasteiger partial charge in [-0.15, -0.1) is 5.10 Å². The molecule has 158 valence electrons. The molecule has 0 saturated carbocycles. The Kier molecular flexibility index (Phi) is 6.13. The lowest BCUT2D eigenvalue weighted by Crippen LogP contribution is -2.45. The van der Waals surface area contributed by atoms with Gasteiger partial charge < -0.3 is 10.2 Å². The molecular weight excluding hydrogens is 398 g/mol. The van der Waals surface area contributed by atoms with Crippen LogP contribution in [0.4, 0.5) is 5.13 Å². The van der Waals surface area contributed by atoms with Gasteiger partial charge in [0.05, 0.1) is 5.92 Å². The summed E-state index contributed by atoms with van der Waals surface area (Å²) in [7, 11) is 0. The zero-order valence-corrected chi connectivity index (χ0v) is 18.2. The van der Waals surface area contributed by atoms with Crippen molar-refractivity contribution >= 4 is 27.3 Å². The first-order valence-corrected chi connectivity index (χ1v) is 11.3. The maximum absolute atomic E-state index is 12.8. The highest BCUT2D eigenvalue weighted by molar-refractivity contribution is 7.20. The van der Waals surface area contributed by atoms with Gasteiger partial charge in [0.2, 0.25) is 16.0 Å². The van der Waals surface area contributed by atoms with Gasteiger partial charge in [0.1, 0.15) is 0 Å². The Bertz CT molecular complexity index is 1080. The van der Waals surface area contributed by atoms with Crippen LogP contribution in [0.1, 0.15) is 37.4 Å². The molecule has 0 radical (unpaired) electrons. The lowest BCUT2D eigenvalue weighted by Gasteiger charge is -2.32. The van der Waals surface area contributed by atoms with Gasteiger partial charge in [-0.05, 0) is 45.1 Å². The molecule has 0 spiro atoms. The summed E-state index contributed by atoms with van der Waals surface area (Å²) in [5, 5.41) is 8.38. The highest BCUT2D eigenvalue weighted by atomic mass is 32.1. The average molecular weight is 426 g/mol. The van der Waals surface area contributed by atoms with Crippen molar-refractivity contribution in [1.82, 2.24) is 19.9 Å². The van der Waals surface area contributed by atoms with E-state index in [1.807, 2.05) is 18.2 Å². The normalized spacial score (nSPS) is 17.8. The fourth-order valence-electron chi connectivity index (χ4n) is 3.86. The van der Waals surface area contributed by atoms with Crippen molar-refractivity contribution in [2.75, 3.05) is 18.0 Å². The number of hydrogen-bond donors (Lipinski definition) is 1. The quantitative estimate of drug-likeness (QED) is 0.657. The molecule has 0 aliphatic carbocycles. The number of nitrogens with one attached hydrogen (secondary N) is 1. The van der Waals surface area contributed by atoms with E-state index in [-0.39, 0.29) is 23.4 Å². The predicted octanol–water partition coefficient (Wildman–Crippen LogP) is 2.81. The number of nitrogens with zero attached hydrogens (tertiary/aromatic N) is 4. The molecule has 1 N–H and O–H groups in total. The Morgan fingerprint density at radius 3 is 2.93 bits per heavy atom. The van der Waals surface area contributed by atoms with Gasteiger partial charge in [-0.1, -0.05) is 41.7 Å². The molecule has 1 amide bonds. The van der Waals surface area contributed by atoms with Crippen molar-refractivity contribution in [3.8, 4) is 0 Å². The number of carbonyl (C=O) groups is 1. The summed E-state index contributed by atoms with van der Waals surface area (Å²) in [6.07, 6.45) is 3.66. The molecule has 3 heterocycles. The number of aryl methyl sites for hydroxylation is 2. The molecule has 1 fully saturated rings. The van der Waals surface area contributed by atoms with Crippen LogP contribution in [0.3, 0.4) is 0 Å². The fraction of sp³-hybridized carbons (Fsp3) is 0.455. The summed E-state index contributed by atoms with van der Waals surface area (Å²) >= 11 is 1.40. The number of hydrogen-bond acceptors (Lipinski definition) is 6. The molecule has 2 unspecified atom stereocenters. The molecule has 3 aromatic rings. The molecule has 2 atom stereocenters.